The number of fused-ring (bicyclic) bond motifs is 1. The minimum absolute atomic E-state index is 0.0148. The molecule has 126 valence electrons. The van der Waals surface area contributed by atoms with Crippen molar-refractivity contribution in [2.24, 2.45) is 0 Å². The lowest BCUT2D eigenvalue weighted by Crippen LogP contribution is -2.40. The largest absolute Gasteiger partial charge is 0.378 e. The summed E-state index contributed by atoms with van der Waals surface area (Å²) in [6.07, 6.45) is 0. The number of nitrogens with zero attached hydrogens (tertiary/aromatic N) is 3. The Morgan fingerprint density at radius 3 is 2.67 bits per heavy atom. The summed E-state index contributed by atoms with van der Waals surface area (Å²) in [4.78, 5) is 20.9. The highest BCUT2D eigenvalue weighted by Crippen LogP contribution is 2.27. The third-order valence-corrected chi connectivity index (χ3v) is 4.32. The van der Waals surface area contributed by atoms with Crippen molar-refractivity contribution in [2.45, 2.75) is 13.8 Å². The maximum absolute atomic E-state index is 12.7. The molecule has 0 radical (unpaired) electrons. The highest BCUT2D eigenvalue weighted by molar-refractivity contribution is 6.05. The molecule has 1 amide bonds. The molecule has 0 unspecified atom stereocenters. The van der Waals surface area contributed by atoms with Gasteiger partial charge in [0.05, 0.1) is 30.3 Å². The van der Waals surface area contributed by atoms with E-state index in [2.05, 4.69) is 4.98 Å². The van der Waals surface area contributed by atoms with Crippen LogP contribution in [0.4, 0.5) is 5.69 Å². The number of rotatable bonds is 2. The highest BCUT2D eigenvalue weighted by atomic mass is 16.5. The molecule has 3 rings (SSSR count). The van der Waals surface area contributed by atoms with Crippen LogP contribution in [0.1, 0.15) is 23.0 Å². The molecule has 1 fully saturated rings. The number of hydrogen-bond acceptors (Lipinski definition) is 4. The van der Waals surface area contributed by atoms with Gasteiger partial charge in [0.25, 0.3) is 5.91 Å². The topological polar surface area (TPSA) is 69.5 Å². The first-order valence-electron chi connectivity index (χ1n) is 8.04. The molecule has 6 heteroatoms. The summed E-state index contributed by atoms with van der Waals surface area (Å²) < 4.78 is 5.31. The number of pyridine rings is 1. The summed E-state index contributed by atoms with van der Waals surface area (Å²) in [7, 11) is 1.85. The smallest absolute Gasteiger partial charge is 0.254 e. The first kappa shape index (κ1) is 16.4. The van der Waals surface area contributed by atoms with Crippen molar-refractivity contribution in [1.29, 1.82) is 5.41 Å². The number of carbonyl (C=O) groups is 1. The van der Waals surface area contributed by atoms with Crippen LogP contribution in [0.25, 0.3) is 10.9 Å². The van der Waals surface area contributed by atoms with Gasteiger partial charge in [0.2, 0.25) is 0 Å². The van der Waals surface area contributed by atoms with Crippen molar-refractivity contribution in [3.05, 3.63) is 35.5 Å². The Morgan fingerprint density at radius 1 is 1.29 bits per heavy atom. The molecule has 1 aliphatic rings. The lowest BCUT2D eigenvalue weighted by atomic mass is 10.1. The number of carbonyl (C=O) groups excluding carboxylic acids is 1. The van der Waals surface area contributed by atoms with Gasteiger partial charge in [-0.15, -0.1) is 0 Å². The minimum Gasteiger partial charge on any atom is -0.378 e. The van der Waals surface area contributed by atoms with E-state index in [-0.39, 0.29) is 5.91 Å². The molecule has 1 aromatic carbocycles. The average Bonchev–Trinajstić information content (AvgIpc) is 2.60. The van der Waals surface area contributed by atoms with Gasteiger partial charge < -0.3 is 14.5 Å². The number of nitrogens with one attached hydrogen (secondary N) is 1. The maximum Gasteiger partial charge on any atom is 0.254 e. The van der Waals surface area contributed by atoms with Crippen LogP contribution in [0.15, 0.2) is 24.3 Å². The molecule has 24 heavy (non-hydrogen) atoms. The molecule has 0 atom stereocenters. The van der Waals surface area contributed by atoms with Crippen molar-refractivity contribution in [3.63, 3.8) is 0 Å². The van der Waals surface area contributed by atoms with E-state index in [1.165, 1.54) is 0 Å². The lowest BCUT2D eigenvalue weighted by molar-refractivity contribution is 0.0303. The van der Waals surface area contributed by atoms with E-state index in [0.29, 0.717) is 37.7 Å². The van der Waals surface area contributed by atoms with Gasteiger partial charge in [-0.3, -0.25) is 15.2 Å². The number of benzene rings is 1. The summed E-state index contributed by atoms with van der Waals surface area (Å²) in [5.74, 6) is 0.452. The van der Waals surface area contributed by atoms with Crippen LogP contribution in [-0.4, -0.2) is 55.0 Å². The lowest BCUT2D eigenvalue weighted by Gasteiger charge is -2.27. The second-order valence-corrected chi connectivity index (χ2v) is 6.06. The van der Waals surface area contributed by atoms with Gasteiger partial charge in [0.1, 0.15) is 0 Å². The fraction of sp³-hybridized carbons (Fsp3) is 0.389. The minimum atomic E-state index is 0.0148. The van der Waals surface area contributed by atoms with E-state index in [1.807, 2.05) is 43.1 Å². The van der Waals surface area contributed by atoms with Crippen LogP contribution in [0, 0.1) is 12.3 Å². The molecule has 1 aromatic heterocycles. The van der Waals surface area contributed by atoms with Gasteiger partial charge in [0, 0.05) is 36.8 Å². The molecule has 1 aliphatic heterocycles. The zero-order valence-corrected chi connectivity index (χ0v) is 14.3. The van der Waals surface area contributed by atoms with E-state index in [0.717, 1.165) is 22.3 Å². The van der Waals surface area contributed by atoms with Crippen molar-refractivity contribution in [2.75, 3.05) is 38.3 Å². The number of amidine groups is 1. The third-order valence-electron chi connectivity index (χ3n) is 4.32. The molecule has 0 bridgehead atoms. The summed E-state index contributed by atoms with van der Waals surface area (Å²) in [6, 6.07) is 7.54. The molecule has 0 saturated carbocycles. The van der Waals surface area contributed by atoms with Gasteiger partial charge in [-0.1, -0.05) is 0 Å². The van der Waals surface area contributed by atoms with Crippen LogP contribution in [0.5, 0.6) is 0 Å². The number of aryl methyl sites for hydroxylation is 1. The first-order valence-corrected chi connectivity index (χ1v) is 8.04. The molecular weight excluding hydrogens is 304 g/mol. The second-order valence-electron chi connectivity index (χ2n) is 6.06. The Bertz CT molecular complexity index is 797. The highest BCUT2D eigenvalue weighted by Gasteiger charge is 2.20. The molecule has 0 spiro atoms. The normalized spacial score (nSPS) is 14.7. The van der Waals surface area contributed by atoms with Gasteiger partial charge in [-0.2, -0.15) is 0 Å². The number of aromatic nitrogens is 1. The Balaban J connectivity index is 2.05. The molecular formula is C18H22N4O2. The SMILES string of the molecule is CC(=N)N(C)c1cc(C)nc2ccc(C(=O)N3CCOCC3)cc12. The van der Waals surface area contributed by atoms with Gasteiger partial charge in [-0.25, -0.2) is 0 Å². The number of ether oxygens (including phenoxy) is 1. The molecule has 0 aliphatic carbocycles. The van der Waals surface area contributed by atoms with Crippen molar-refractivity contribution >= 4 is 28.3 Å². The van der Waals surface area contributed by atoms with Gasteiger partial charge in [-0.05, 0) is 38.1 Å². The first-order chi connectivity index (χ1) is 11.5. The Kier molecular flexibility index (Phi) is 4.49. The molecule has 2 heterocycles. The maximum atomic E-state index is 12.7. The van der Waals surface area contributed by atoms with Crippen molar-refractivity contribution in [3.8, 4) is 0 Å². The van der Waals surface area contributed by atoms with E-state index in [1.54, 1.807) is 11.8 Å². The quantitative estimate of drug-likeness (QED) is 0.680. The number of amides is 1. The summed E-state index contributed by atoms with van der Waals surface area (Å²) in [6.45, 7) is 6.08. The van der Waals surface area contributed by atoms with Crippen molar-refractivity contribution in [1.82, 2.24) is 9.88 Å². The molecule has 1 N–H and O–H groups in total. The molecule has 2 aromatic rings. The standard InChI is InChI=1S/C18H22N4O2/c1-12-10-17(21(3)13(2)19)15-11-14(4-5-16(15)20-12)18(23)22-6-8-24-9-7-22/h4-5,10-11,19H,6-9H2,1-3H3. The van der Waals surface area contributed by atoms with Crippen LogP contribution in [0.2, 0.25) is 0 Å². The number of morpholine rings is 1. The second kappa shape index (κ2) is 6.57. The van der Waals surface area contributed by atoms with Gasteiger partial charge >= 0.3 is 0 Å². The third kappa shape index (κ3) is 3.10. The number of anilines is 1. The predicted octanol–water partition coefficient (Wildman–Crippen LogP) is 2.45. The van der Waals surface area contributed by atoms with Crippen LogP contribution < -0.4 is 4.90 Å². The van der Waals surface area contributed by atoms with E-state index in [9.17, 15) is 4.79 Å². The van der Waals surface area contributed by atoms with Crippen LogP contribution in [0.3, 0.4) is 0 Å². The summed E-state index contributed by atoms with van der Waals surface area (Å²) >= 11 is 0. The number of hydrogen-bond donors (Lipinski definition) is 1. The summed E-state index contributed by atoms with van der Waals surface area (Å²) in [5, 5.41) is 8.78. The van der Waals surface area contributed by atoms with E-state index < -0.39 is 0 Å². The summed E-state index contributed by atoms with van der Waals surface area (Å²) in [5.41, 5.74) is 3.25. The zero-order chi connectivity index (χ0) is 17.3. The monoisotopic (exact) mass is 326 g/mol. The molecule has 1 saturated heterocycles. The van der Waals surface area contributed by atoms with Gasteiger partial charge in [0.15, 0.2) is 0 Å². The van der Waals surface area contributed by atoms with Crippen molar-refractivity contribution < 1.29 is 9.53 Å². The average molecular weight is 326 g/mol. The zero-order valence-electron chi connectivity index (χ0n) is 14.3. The Labute approximate surface area is 141 Å². The van der Waals surface area contributed by atoms with E-state index in [4.69, 9.17) is 10.1 Å². The van der Waals surface area contributed by atoms with E-state index >= 15 is 0 Å². The fourth-order valence-electron chi connectivity index (χ4n) is 2.88. The fourth-order valence-corrected chi connectivity index (χ4v) is 2.88. The van der Waals surface area contributed by atoms with Crippen LogP contribution in [-0.2, 0) is 4.74 Å². The predicted molar refractivity (Wildman–Crippen MR) is 95.0 cm³/mol. The van der Waals surface area contributed by atoms with Crippen LogP contribution >= 0.6 is 0 Å². The Morgan fingerprint density at radius 2 is 2.00 bits per heavy atom. The Hall–Kier alpha value is -2.47. The molecule has 6 nitrogen and oxygen atoms in total.